The summed E-state index contributed by atoms with van der Waals surface area (Å²) in [5.74, 6) is -9.37. The first-order valence-electron chi connectivity index (χ1n) is 22.4. The van der Waals surface area contributed by atoms with E-state index in [2.05, 4.69) is 29.3 Å². The van der Waals surface area contributed by atoms with Crippen molar-refractivity contribution in [1.29, 1.82) is 0 Å². The number of benzene rings is 1. The van der Waals surface area contributed by atoms with Crippen molar-refractivity contribution in [2.75, 3.05) is 27.3 Å². The second-order valence-electron chi connectivity index (χ2n) is 17.1. The SMILES string of the molecule is CC[C@H](C)[C@@H]1NC(=O)[C@H](Cc2ccc(OC)c(Cl)c2)N(C)C(=O)[C@@H]([C@@H](C)CC)N2C(=O)[C@H](CC[C@H]2O)NC(=O)[C@H](CCCN=C(N)N)NC(=O)[C@@H](NC(=O)[C@@H](COS(=O)(=O)O)OS(=O)(=O)O)[C@H](C)OC1=O. The first-order chi connectivity index (χ1) is 33.0. The maximum Gasteiger partial charge on any atom is 0.398 e. The van der Waals surface area contributed by atoms with Crippen LogP contribution in [0, 0.1) is 11.8 Å². The summed E-state index contributed by atoms with van der Waals surface area (Å²) >= 11 is 6.45. The summed E-state index contributed by atoms with van der Waals surface area (Å²) in [5.41, 5.74) is 11.3. The first-order valence-corrected chi connectivity index (χ1v) is 25.5. The number of carbonyl (C=O) groups is 7. The van der Waals surface area contributed by atoms with Gasteiger partial charge in [-0.3, -0.25) is 42.9 Å². The molecule has 2 heterocycles. The Morgan fingerprint density at radius 3 is 2.17 bits per heavy atom. The molecule has 2 aliphatic heterocycles. The molecular formula is C41H64ClN9O18S2. The number of amides is 6. The molecule has 27 nitrogen and oxygen atoms in total. The Morgan fingerprint density at radius 1 is 0.958 bits per heavy atom. The zero-order valence-corrected chi connectivity index (χ0v) is 42.5. The fraction of sp³-hybridized carbons (Fsp3) is 0.659. The van der Waals surface area contributed by atoms with Crippen LogP contribution in [0.25, 0.3) is 0 Å². The maximum atomic E-state index is 15.0. The summed E-state index contributed by atoms with van der Waals surface area (Å²) in [6, 6.07) is -5.13. The lowest BCUT2D eigenvalue weighted by molar-refractivity contribution is -0.168. The standard InChI is InChI=1S/C41H64ClN9O18S2/c1-8-20(3)31-40(59)68-22(5)32(49-36(55)29(69-71(63,64)65)19-67-70(60,61)62)37(56)46-25(11-10-16-45-41(43)44)34(53)47-26-13-15-30(52)51(38(26)57)33(21(4)9-2)39(58)50(6)27(35(54)48-31)18-23-12-14-28(66-7)24(42)17-23/h12,14,17,20-22,25-27,29-33,52H,8-11,13,15-16,18-19H2,1-7H3,(H,46,56)(H,47,53)(H,48,54)(H,49,55)(H4,43,44,45)(H,60,61,62)(H,63,64,65)/t20-,21-,22-,25-,26-,27-,29+,30+,31-,32-,33+/m0/s1. The van der Waals surface area contributed by atoms with Gasteiger partial charge in [0.05, 0.1) is 12.1 Å². The van der Waals surface area contributed by atoms with Crippen molar-refractivity contribution in [2.24, 2.45) is 28.3 Å². The lowest BCUT2D eigenvalue weighted by Crippen LogP contribution is -2.66. The van der Waals surface area contributed by atoms with E-state index in [-0.39, 0.29) is 62.5 Å². The van der Waals surface area contributed by atoms with Crippen LogP contribution < -0.4 is 37.5 Å². The van der Waals surface area contributed by atoms with Gasteiger partial charge in [0.15, 0.2) is 12.1 Å². The third-order valence-electron chi connectivity index (χ3n) is 12.0. The molecule has 1 aromatic carbocycles. The van der Waals surface area contributed by atoms with Crippen LogP contribution in [0.4, 0.5) is 0 Å². The van der Waals surface area contributed by atoms with E-state index in [4.69, 9.17) is 37.1 Å². The van der Waals surface area contributed by atoms with Crippen LogP contribution in [0.5, 0.6) is 5.75 Å². The molecule has 2 fully saturated rings. The zero-order chi connectivity index (χ0) is 53.7. The van der Waals surface area contributed by atoms with Crippen molar-refractivity contribution in [3.63, 3.8) is 0 Å². The van der Waals surface area contributed by atoms with E-state index in [0.717, 1.165) is 16.7 Å². The molecule has 2 aliphatic rings. The van der Waals surface area contributed by atoms with E-state index < -0.39 is 135 Å². The molecule has 0 aliphatic carbocycles. The summed E-state index contributed by atoms with van der Waals surface area (Å²) in [6.45, 7) is 5.98. The molecule has 3 rings (SSSR count). The van der Waals surface area contributed by atoms with Gasteiger partial charge >= 0.3 is 26.8 Å². The zero-order valence-electron chi connectivity index (χ0n) is 40.1. The molecule has 0 spiro atoms. The number of aliphatic hydroxyl groups excluding tert-OH is 1. The summed E-state index contributed by atoms with van der Waals surface area (Å²) < 4.78 is 84.0. The van der Waals surface area contributed by atoms with E-state index in [0.29, 0.717) is 11.3 Å². The largest absolute Gasteiger partial charge is 0.495 e. The van der Waals surface area contributed by atoms with Crippen LogP contribution >= 0.6 is 11.6 Å². The van der Waals surface area contributed by atoms with Crippen LogP contribution in [0.2, 0.25) is 5.02 Å². The van der Waals surface area contributed by atoms with Gasteiger partial charge in [0.1, 0.15) is 60.9 Å². The molecule has 30 heteroatoms. The lowest BCUT2D eigenvalue weighted by atomic mass is 9.91. The van der Waals surface area contributed by atoms with Gasteiger partial charge in [-0.25, -0.2) is 13.2 Å². The van der Waals surface area contributed by atoms with E-state index in [1.54, 1.807) is 33.8 Å². The van der Waals surface area contributed by atoms with E-state index in [1.807, 2.05) is 5.32 Å². The van der Waals surface area contributed by atoms with Crippen molar-refractivity contribution in [3.8, 4) is 5.75 Å². The fourth-order valence-corrected chi connectivity index (χ4v) is 8.69. The Kier molecular flexibility index (Phi) is 22.2. The Labute approximate surface area is 416 Å². The van der Waals surface area contributed by atoms with Crippen molar-refractivity contribution >= 4 is 79.8 Å². The number of hydrogen-bond donors (Lipinski definition) is 9. The number of fused-ring (bicyclic) bond motifs is 2. The number of guanidine groups is 1. The van der Waals surface area contributed by atoms with Gasteiger partial charge < -0.3 is 57.1 Å². The number of aliphatic imine (C=N–C) groups is 1. The number of nitrogens with one attached hydrogen (secondary N) is 4. The Morgan fingerprint density at radius 2 is 1.61 bits per heavy atom. The van der Waals surface area contributed by atoms with Gasteiger partial charge in [0.25, 0.3) is 5.91 Å². The summed E-state index contributed by atoms with van der Waals surface area (Å²) in [6.07, 6.45) is -6.45. The van der Waals surface area contributed by atoms with Crippen LogP contribution in [0.3, 0.4) is 0 Å². The number of hydrogen-bond acceptors (Lipinski definition) is 17. The number of halogens is 1. The minimum absolute atomic E-state index is 0.0182. The third-order valence-corrected chi connectivity index (χ3v) is 13.2. The predicted molar refractivity (Wildman–Crippen MR) is 250 cm³/mol. The highest BCUT2D eigenvalue weighted by Gasteiger charge is 2.47. The molecule has 11 N–H and O–H groups in total. The topological polar surface area (TPSA) is 404 Å². The minimum atomic E-state index is -5.60. The van der Waals surface area contributed by atoms with Crippen LogP contribution in [0.1, 0.15) is 78.7 Å². The van der Waals surface area contributed by atoms with Gasteiger partial charge in [0.2, 0.25) is 29.5 Å². The quantitative estimate of drug-likeness (QED) is 0.0254. The van der Waals surface area contributed by atoms with Crippen LogP contribution in [-0.4, -0.2) is 170 Å². The van der Waals surface area contributed by atoms with Crippen molar-refractivity contribution in [2.45, 2.75) is 134 Å². The number of ether oxygens (including phenoxy) is 2. The number of cyclic esters (lactones) is 1. The van der Waals surface area contributed by atoms with Gasteiger partial charge in [-0.1, -0.05) is 58.2 Å². The van der Waals surface area contributed by atoms with Crippen LogP contribution in [0.15, 0.2) is 23.2 Å². The van der Waals surface area contributed by atoms with Gasteiger partial charge in [-0.05, 0) is 62.1 Å². The summed E-state index contributed by atoms with van der Waals surface area (Å²) in [5, 5.41) is 21.2. The number of likely N-dealkylation sites (N-methyl/N-ethyl adjacent to an activating group) is 1. The molecule has 0 saturated carbocycles. The second kappa shape index (κ2) is 26.3. The second-order valence-corrected chi connectivity index (χ2v) is 19.6. The number of piperidine rings is 1. The number of nitrogens with zero attached hydrogens (tertiary/aromatic N) is 3. The van der Waals surface area contributed by atoms with Gasteiger partial charge in [-0.2, -0.15) is 16.8 Å². The molecule has 11 atom stereocenters. The predicted octanol–water partition coefficient (Wildman–Crippen LogP) is -1.93. The monoisotopic (exact) mass is 1070 g/mol. The summed E-state index contributed by atoms with van der Waals surface area (Å²) in [4.78, 5) is 107. The molecule has 2 bridgehead atoms. The number of carbonyl (C=O) groups excluding carboxylic acids is 7. The van der Waals surface area contributed by atoms with Gasteiger partial charge in [-0.15, -0.1) is 0 Å². The molecule has 0 radical (unpaired) electrons. The molecule has 0 aromatic heterocycles. The van der Waals surface area contributed by atoms with Crippen molar-refractivity contribution in [3.05, 3.63) is 28.8 Å². The van der Waals surface area contributed by atoms with E-state index in [9.17, 15) is 60.1 Å². The van der Waals surface area contributed by atoms with Crippen molar-refractivity contribution < 1.29 is 82.4 Å². The first kappa shape index (κ1) is 59.9. The highest BCUT2D eigenvalue weighted by Crippen LogP contribution is 2.29. The molecule has 2 saturated heterocycles. The molecule has 0 unspecified atom stereocenters. The molecule has 1 aromatic rings. The molecule has 400 valence electrons. The van der Waals surface area contributed by atoms with Crippen molar-refractivity contribution in [1.82, 2.24) is 31.1 Å². The summed E-state index contributed by atoms with van der Waals surface area (Å²) in [7, 11) is -8.30. The molecule has 71 heavy (non-hydrogen) atoms. The third kappa shape index (κ3) is 17.4. The normalized spacial score (nSPS) is 25.7. The molecule has 6 amide bonds. The van der Waals surface area contributed by atoms with E-state index in [1.165, 1.54) is 26.3 Å². The average Bonchev–Trinajstić information content (AvgIpc) is 3.28. The highest BCUT2D eigenvalue weighted by atomic mass is 35.5. The molecular weight excluding hydrogens is 1010 g/mol. The number of aliphatic hydroxyl groups is 1. The van der Waals surface area contributed by atoms with E-state index >= 15 is 0 Å². The Bertz CT molecular complexity index is 2360. The Hall–Kier alpha value is -5.43. The number of rotatable bonds is 18. The van der Waals surface area contributed by atoms with Crippen LogP contribution in [-0.2, 0) is 73.9 Å². The number of methoxy groups -OCH3 is 1. The smallest absolute Gasteiger partial charge is 0.398 e. The number of nitrogens with two attached hydrogens (primary N) is 2. The average molecular weight is 1070 g/mol. The highest BCUT2D eigenvalue weighted by molar-refractivity contribution is 7.81. The Balaban J connectivity index is 2.32. The fourth-order valence-electron chi connectivity index (χ4n) is 7.68. The lowest BCUT2D eigenvalue weighted by Gasteiger charge is -2.44. The number of esters is 1. The van der Waals surface area contributed by atoms with Gasteiger partial charge in [0, 0.05) is 20.0 Å². The minimum Gasteiger partial charge on any atom is -0.495 e. The maximum absolute atomic E-state index is 15.0.